The van der Waals surface area contributed by atoms with E-state index in [-0.39, 0.29) is 0 Å². The lowest BCUT2D eigenvalue weighted by Gasteiger charge is -2.52. The zero-order chi connectivity index (χ0) is 13.7. The molecule has 2 heterocycles. The fraction of sp³-hybridized carbons (Fsp3) is 1.00. The summed E-state index contributed by atoms with van der Waals surface area (Å²) in [7, 11) is 1.85. The molecule has 2 fully saturated rings. The summed E-state index contributed by atoms with van der Waals surface area (Å²) in [4.78, 5) is 2.84. The van der Waals surface area contributed by atoms with Gasteiger partial charge in [-0.25, -0.2) is 0 Å². The molecule has 0 spiro atoms. The second kappa shape index (κ2) is 7.61. The van der Waals surface area contributed by atoms with E-state index in [9.17, 15) is 0 Å². The van der Waals surface area contributed by atoms with Crippen molar-refractivity contribution < 1.29 is 4.74 Å². The van der Waals surface area contributed by atoms with Crippen LogP contribution in [-0.2, 0) is 4.74 Å². The second-order valence-corrected chi connectivity index (χ2v) is 6.31. The highest BCUT2D eigenvalue weighted by atomic mass is 16.5. The van der Waals surface area contributed by atoms with Crippen molar-refractivity contribution in [2.75, 3.05) is 20.3 Å². The lowest BCUT2D eigenvalue weighted by atomic mass is 9.80. The van der Waals surface area contributed by atoms with Gasteiger partial charge in [0.15, 0.2) is 0 Å². The number of fused-ring (bicyclic) bond motifs is 2. The van der Waals surface area contributed by atoms with Crippen molar-refractivity contribution >= 4 is 0 Å². The van der Waals surface area contributed by atoms with Crippen molar-refractivity contribution in [1.29, 1.82) is 0 Å². The fourth-order valence-corrected chi connectivity index (χ4v) is 4.31. The van der Waals surface area contributed by atoms with Crippen LogP contribution in [0.1, 0.15) is 58.8 Å². The lowest BCUT2D eigenvalue weighted by Crippen LogP contribution is -2.60. The molecule has 2 aliphatic rings. The summed E-state index contributed by atoms with van der Waals surface area (Å²) >= 11 is 0. The molecule has 1 N–H and O–H groups in total. The molecule has 0 amide bonds. The molecule has 0 saturated carbocycles. The van der Waals surface area contributed by atoms with Gasteiger partial charge in [0.2, 0.25) is 0 Å². The first kappa shape index (κ1) is 15.3. The zero-order valence-electron chi connectivity index (χ0n) is 13.0. The second-order valence-electron chi connectivity index (χ2n) is 6.31. The predicted molar refractivity (Wildman–Crippen MR) is 80.5 cm³/mol. The molecule has 3 nitrogen and oxygen atoms in total. The van der Waals surface area contributed by atoms with Gasteiger partial charge in [0, 0.05) is 31.3 Å². The molecule has 0 aromatic rings. The molecule has 2 aliphatic heterocycles. The molecule has 0 radical (unpaired) electrons. The van der Waals surface area contributed by atoms with Crippen molar-refractivity contribution in [3.05, 3.63) is 0 Å². The Morgan fingerprint density at radius 1 is 1.21 bits per heavy atom. The summed E-state index contributed by atoms with van der Waals surface area (Å²) in [5.41, 5.74) is 0. The van der Waals surface area contributed by atoms with Gasteiger partial charge in [-0.2, -0.15) is 0 Å². The van der Waals surface area contributed by atoms with E-state index in [1.807, 2.05) is 7.11 Å². The highest BCUT2D eigenvalue weighted by Crippen LogP contribution is 2.36. The third kappa shape index (κ3) is 3.71. The Kier molecular flexibility index (Phi) is 6.11. The summed E-state index contributed by atoms with van der Waals surface area (Å²) in [6.45, 7) is 6.55. The molecule has 2 bridgehead atoms. The van der Waals surface area contributed by atoms with Crippen molar-refractivity contribution in [2.45, 2.75) is 83.0 Å². The highest BCUT2D eigenvalue weighted by Gasteiger charge is 2.40. The topological polar surface area (TPSA) is 24.5 Å². The summed E-state index contributed by atoms with van der Waals surface area (Å²) in [5, 5.41) is 3.68. The lowest BCUT2D eigenvalue weighted by molar-refractivity contribution is -0.0373. The Labute approximate surface area is 119 Å². The van der Waals surface area contributed by atoms with Crippen LogP contribution >= 0.6 is 0 Å². The van der Waals surface area contributed by atoms with E-state index in [0.717, 1.165) is 31.3 Å². The van der Waals surface area contributed by atoms with Crippen LogP contribution in [0, 0.1) is 0 Å². The number of methoxy groups -OCH3 is 1. The average molecular weight is 268 g/mol. The molecule has 112 valence electrons. The summed E-state index contributed by atoms with van der Waals surface area (Å²) in [5.74, 6) is 0. The average Bonchev–Trinajstić information content (AvgIpc) is 2.38. The standard InChI is InChI=1S/C16H32N2O/c1-4-7-16(12-19-3)18-14-8-6-9-15(18)11-13(10-14)17-5-2/h13-17H,4-12H2,1-3H3. The summed E-state index contributed by atoms with van der Waals surface area (Å²) in [6, 6.07) is 2.99. The smallest absolute Gasteiger partial charge is 0.0618 e. The molecule has 2 saturated heterocycles. The minimum Gasteiger partial charge on any atom is -0.383 e. The van der Waals surface area contributed by atoms with Crippen LogP contribution in [0.2, 0.25) is 0 Å². The Balaban J connectivity index is 2.03. The Bertz CT molecular complexity index is 239. The van der Waals surface area contributed by atoms with Gasteiger partial charge in [-0.1, -0.05) is 26.7 Å². The molecule has 3 heteroatoms. The Hall–Kier alpha value is -0.120. The minimum atomic E-state index is 0.646. The van der Waals surface area contributed by atoms with Crippen molar-refractivity contribution in [1.82, 2.24) is 10.2 Å². The molecule has 0 aliphatic carbocycles. The monoisotopic (exact) mass is 268 g/mol. The first-order valence-electron chi connectivity index (χ1n) is 8.29. The van der Waals surface area contributed by atoms with Gasteiger partial charge in [0.05, 0.1) is 6.61 Å². The van der Waals surface area contributed by atoms with E-state index in [0.29, 0.717) is 6.04 Å². The summed E-state index contributed by atoms with van der Waals surface area (Å²) < 4.78 is 5.49. The van der Waals surface area contributed by atoms with Gasteiger partial charge in [-0.05, 0) is 38.6 Å². The van der Waals surface area contributed by atoms with E-state index in [2.05, 4.69) is 24.1 Å². The van der Waals surface area contributed by atoms with Crippen LogP contribution in [-0.4, -0.2) is 49.3 Å². The van der Waals surface area contributed by atoms with E-state index in [1.54, 1.807) is 0 Å². The van der Waals surface area contributed by atoms with E-state index in [4.69, 9.17) is 4.74 Å². The van der Waals surface area contributed by atoms with Crippen LogP contribution in [0.25, 0.3) is 0 Å². The Morgan fingerprint density at radius 2 is 1.89 bits per heavy atom. The van der Waals surface area contributed by atoms with Crippen LogP contribution in [0.15, 0.2) is 0 Å². The molecular formula is C16H32N2O. The van der Waals surface area contributed by atoms with Gasteiger partial charge in [0.25, 0.3) is 0 Å². The van der Waals surface area contributed by atoms with Crippen LogP contribution in [0.5, 0.6) is 0 Å². The number of nitrogens with one attached hydrogen (secondary N) is 1. The maximum atomic E-state index is 5.49. The zero-order valence-corrected chi connectivity index (χ0v) is 13.0. The van der Waals surface area contributed by atoms with Gasteiger partial charge in [-0.3, -0.25) is 4.90 Å². The quantitative estimate of drug-likeness (QED) is 0.768. The molecule has 0 aromatic heterocycles. The third-order valence-electron chi connectivity index (χ3n) is 4.93. The van der Waals surface area contributed by atoms with Crippen LogP contribution in [0.4, 0.5) is 0 Å². The first-order valence-corrected chi connectivity index (χ1v) is 8.29. The van der Waals surface area contributed by atoms with Crippen molar-refractivity contribution in [2.24, 2.45) is 0 Å². The van der Waals surface area contributed by atoms with Gasteiger partial charge >= 0.3 is 0 Å². The van der Waals surface area contributed by atoms with Crippen molar-refractivity contribution in [3.8, 4) is 0 Å². The molecule has 3 atom stereocenters. The molecule has 19 heavy (non-hydrogen) atoms. The first-order chi connectivity index (χ1) is 9.30. The normalized spacial score (nSPS) is 33.3. The number of nitrogens with zero attached hydrogens (tertiary/aromatic N) is 1. The number of hydrogen-bond acceptors (Lipinski definition) is 3. The predicted octanol–water partition coefficient (Wildman–Crippen LogP) is 2.80. The van der Waals surface area contributed by atoms with E-state index < -0.39 is 0 Å². The number of ether oxygens (including phenoxy) is 1. The molecule has 0 aromatic carbocycles. The minimum absolute atomic E-state index is 0.646. The van der Waals surface area contributed by atoms with Gasteiger partial charge in [-0.15, -0.1) is 0 Å². The van der Waals surface area contributed by atoms with Crippen LogP contribution in [0.3, 0.4) is 0 Å². The molecule has 2 rings (SSSR count). The summed E-state index contributed by atoms with van der Waals surface area (Å²) in [6.07, 6.45) is 9.44. The van der Waals surface area contributed by atoms with E-state index in [1.165, 1.54) is 44.9 Å². The van der Waals surface area contributed by atoms with Gasteiger partial charge in [0.1, 0.15) is 0 Å². The number of piperidine rings is 2. The van der Waals surface area contributed by atoms with Crippen molar-refractivity contribution in [3.63, 3.8) is 0 Å². The maximum Gasteiger partial charge on any atom is 0.0618 e. The number of hydrogen-bond donors (Lipinski definition) is 1. The Morgan fingerprint density at radius 3 is 2.42 bits per heavy atom. The maximum absolute atomic E-state index is 5.49. The van der Waals surface area contributed by atoms with Gasteiger partial charge < -0.3 is 10.1 Å². The van der Waals surface area contributed by atoms with Crippen LogP contribution < -0.4 is 5.32 Å². The SMILES string of the molecule is CCCC(COC)N1C2CCCC1CC(NCC)C2. The highest BCUT2D eigenvalue weighted by molar-refractivity contribution is 4.97. The molecule has 3 unspecified atom stereocenters. The molecular weight excluding hydrogens is 236 g/mol. The number of rotatable bonds is 7. The third-order valence-corrected chi connectivity index (χ3v) is 4.93. The van der Waals surface area contributed by atoms with E-state index >= 15 is 0 Å². The largest absolute Gasteiger partial charge is 0.383 e. The fourth-order valence-electron chi connectivity index (χ4n) is 4.31.